The molecule has 3 aromatic carbocycles. The van der Waals surface area contributed by atoms with Gasteiger partial charge in [-0.25, -0.2) is 9.36 Å². The summed E-state index contributed by atoms with van der Waals surface area (Å²) >= 11 is 13.6. The Hall–Kier alpha value is -3.32. The first-order valence-corrected chi connectivity index (χ1v) is 11.6. The number of aromatic nitrogens is 2. The molecule has 0 atom stereocenters. The summed E-state index contributed by atoms with van der Waals surface area (Å²) in [4.78, 5) is 29.5. The summed E-state index contributed by atoms with van der Waals surface area (Å²) in [6, 6.07) is 20.0. The molecule has 0 fully saturated rings. The predicted molar refractivity (Wildman–Crippen MR) is 135 cm³/mol. The van der Waals surface area contributed by atoms with Crippen molar-refractivity contribution in [3.63, 3.8) is 0 Å². The van der Waals surface area contributed by atoms with Gasteiger partial charge >= 0.3 is 5.69 Å². The molecule has 0 saturated heterocycles. The highest BCUT2D eigenvalue weighted by molar-refractivity contribution is 7.17. The molecule has 5 nitrogen and oxygen atoms in total. The fraction of sp³-hybridized carbons (Fsp3) is 0.0400. The quantitative estimate of drug-likeness (QED) is 0.314. The summed E-state index contributed by atoms with van der Waals surface area (Å²) in [6.45, 7) is 0. The van der Waals surface area contributed by atoms with Gasteiger partial charge in [0.1, 0.15) is 10.6 Å². The van der Waals surface area contributed by atoms with Gasteiger partial charge in [0.25, 0.3) is 5.56 Å². The predicted octanol–water partition coefficient (Wildman–Crippen LogP) is 6.39. The minimum atomic E-state index is -0.498. The number of aromatic amines is 1. The van der Waals surface area contributed by atoms with Crippen molar-refractivity contribution in [2.45, 2.75) is 0 Å². The van der Waals surface area contributed by atoms with Crippen molar-refractivity contribution in [1.82, 2.24) is 9.55 Å². The van der Waals surface area contributed by atoms with Crippen LogP contribution in [0.1, 0.15) is 0 Å². The number of fused-ring (bicyclic) bond motifs is 1. The van der Waals surface area contributed by atoms with E-state index in [0.717, 1.165) is 26.8 Å². The maximum Gasteiger partial charge on any atom is 0.334 e. The van der Waals surface area contributed by atoms with Gasteiger partial charge in [-0.05, 0) is 47.0 Å². The number of methoxy groups -OCH3 is 1. The molecule has 0 spiro atoms. The molecular formula is C25H16Cl2N2O3S. The molecule has 164 valence electrons. The van der Waals surface area contributed by atoms with E-state index in [0.29, 0.717) is 31.7 Å². The lowest BCUT2D eigenvalue weighted by molar-refractivity contribution is 0.414. The zero-order valence-corrected chi connectivity index (χ0v) is 19.6. The second-order valence-corrected chi connectivity index (χ2v) is 9.11. The lowest BCUT2D eigenvalue weighted by Gasteiger charge is -2.08. The average Bonchev–Trinajstić information content (AvgIpc) is 3.23. The van der Waals surface area contributed by atoms with Gasteiger partial charge in [0, 0.05) is 27.1 Å². The number of thiophene rings is 1. The van der Waals surface area contributed by atoms with Gasteiger partial charge < -0.3 is 4.74 Å². The highest BCUT2D eigenvalue weighted by Crippen LogP contribution is 2.33. The van der Waals surface area contributed by atoms with E-state index in [2.05, 4.69) is 4.98 Å². The van der Waals surface area contributed by atoms with Gasteiger partial charge in [0.2, 0.25) is 0 Å². The van der Waals surface area contributed by atoms with Crippen molar-refractivity contribution in [2.75, 3.05) is 7.11 Å². The Labute approximate surface area is 202 Å². The monoisotopic (exact) mass is 494 g/mol. The smallest absolute Gasteiger partial charge is 0.334 e. The number of hydrogen-bond donors (Lipinski definition) is 1. The summed E-state index contributed by atoms with van der Waals surface area (Å²) in [5, 5.41) is 3.46. The average molecular weight is 495 g/mol. The Morgan fingerprint density at radius 3 is 2.27 bits per heavy atom. The largest absolute Gasteiger partial charge is 0.497 e. The minimum Gasteiger partial charge on any atom is -0.497 e. The van der Waals surface area contributed by atoms with Gasteiger partial charge in [0.15, 0.2) is 0 Å². The van der Waals surface area contributed by atoms with Crippen molar-refractivity contribution < 1.29 is 4.74 Å². The molecule has 0 aliphatic carbocycles. The Kier molecular flexibility index (Phi) is 5.58. The van der Waals surface area contributed by atoms with Gasteiger partial charge in [-0.1, -0.05) is 53.5 Å². The maximum atomic E-state index is 13.4. The molecule has 0 aliphatic heterocycles. The SMILES string of the molecule is COc1cccc(-n2c(=O)[nH]c3scc(-c4ccc(-c5cc(Cl)cc(Cl)c5)cc4)c3c2=O)c1. The number of hydrogen-bond acceptors (Lipinski definition) is 4. The summed E-state index contributed by atoms with van der Waals surface area (Å²) in [7, 11) is 1.54. The number of halogens is 2. The molecule has 0 unspecified atom stereocenters. The van der Waals surface area contributed by atoms with Crippen LogP contribution in [0.15, 0.2) is 81.7 Å². The lowest BCUT2D eigenvalue weighted by Crippen LogP contribution is -2.33. The highest BCUT2D eigenvalue weighted by atomic mass is 35.5. The van der Waals surface area contributed by atoms with Crippen LogP contribution in [0.25, 0.3) is 38.2 Å². The van der Waals surface area contributed by atoms with E-state index >= 15 is 0 Å². The van der Waals surface area contributed by atoms with Crippen LogP contribution >= 0.6 is 34.5 Å². The third-order valence-corrected chi connectivity index (χ3v) is 6.67. The zero-order valence-electron chi connectivity index (χ0n) is 17.3. The number of nitrogens with one attached hydrogen (secondary N) is 1. The van der Waals surface area contributed by atoms with Gasteiger partial charge in [-0.2, -0.15) is 0 Å². The van der Waals surface area contributed by atoms with E-state index in [4.69, 9.17) is 27.9 Å². The van der Waals surface area contributed by atoms with Crippen LogP contribution in [0, 0.1) is 0 Å². The zero-order chi connectivity index (χ0) is 23.1. The molecule has 0 bridgehead atoms. The van der Waals surface area contributed by atoms with E-state index < -0.39 is 5.69 Å². The second-order valence-electron chi connectivity index (χ2n) is 7.36. The van der Waals surface area contributed by atoms with Crippen LogP contribution in [0.4, 0.5) is 0 Å². The Morgan fingerprint density at radius 2 is 1.58 bits per heavy atom. The topological polar surface area (TPSA) is 64.1 Å². The highest BCUT2D eigenvalue weighted by Gasteiger charge is 2.16. The van der Waals surface area contributed by atoms with Crippen molar-refractivity contribution in [3.05, 3.63) is 103 Å². The normalized spacial score (nSPS) is 11.1. The molecule has 5 rings (SSSR count). The molecule has 0 saturated carbocycles. The van der Waals surface area contributed by atoms with Crippen molar-refractivity contribution in [2.24, 2.45) is 0 Å². The number of H-pyrrole nitrogens is 1. The van der Waals surface area contributed by atoms with Crippen molar-refractivity contribution in [3.8, 4) is 33.7 Å². The minimum absolute atomic E-state index is 0.385. The van der Waals surface area contributed by atoms with Crippen LogP contribution in [0.5, 0.6) is 5.75 Å². The summed E-state index contributed by atoms with van der Waals surface area (Å²) < 4.78 is 6.37. The molecule has 33 heavy (non-hydrogen) atoms. The third kappa shape index (κ3) is 3.97. The number of ether oxygens (including phenoxy) is 1. The van der Waals surface area contributed by atoms with Crippen LogP contribution in [-0.2, 0) is 0 Å². The van der Waals surface area contributed by atoms with E-state index in [9.17, 15) is 9.59 Å². The molecule has 0 amide bonds. The summed E-state index contributed by atoms with van der Waals surface area (Å²) in [5.74, 6) is 0.557. The van der Waals surface area contributed by atoms with Gasteiger partial charge in [0.05, 0.1) is 18.2 Å². The van der Waals surface area contributed by atoms with E-state index in [1.165, 1.54) is 18.4 Å². The first-order valence-electron chi connectivity index (χ1n) is 9.92. The lowest BCUT2D eigenvalue weighted by atomic mass is 10.0. The second kappa shape index (κ2) is 8.56. The van der Waals surface area contributed by atoms with Crippen LogP contribution in [-0.4, -0.2) is 16.7 Å². The molecule has 1 N–H and O–H groups in total. The summed E-state index contributed by atoms with van der Waals surface area (Å²) in [6.07, 6.45) is 0. The Balaban J connectivity index is 1.63. The van der Waals surface area contributed by atoms with Gasteiger partial charge in [-0.15, -0.1) is 11.3 Å². The molecular weight excluding hydrogens is 479 g/mol. The first kappa shape index (κ1) is 21.5. The number of benzene rings is 3. The van der Waals surface area contributed by atoms with E-state index in [1.807, 2.05) is 41.8 Å². The summed E-state index contributed by atoms with van der Waals surface area (Å²) in [5.41, 5.74) is 3.02. The molecule has 8 heteroatoms. The maximum absolute atomic E-state index is 13.4. The molecule has 2 aromatic heterocycles. The van der Waals surface area contributed by atoms with Crippen LogP contribution < -0.4 is 16.0 Å². The van der Waals surface area contributed by atoms with Crippen LogP contribution in [0.3, 0.4) is 0 Å². The van der Waals surface area contributed by atoms with Crippen LogP contribution in [0.2, 0.25) is 10.0 Å². The Morgan fingerprint density at radius 1 is 0.879 bits per heavy atom. The molecule has 0 aliphatic rings. The standard InChI is InChI=1S/C25H16Cl2N2O3S/c1-32-20-4-2-3-19(12-20)29-24(30)22-21(13-33-23(22)28-25(29)31)15-7-5-14(6-8-15)16-9-17(26)11-18(27)10-16/h2-13H,1H3,(H,28,31). The fourth-order valence-corrected chi connectivity index (χ4v) is 5.26. The number of rotatable bonds is 4. The molecule has 0 radical (unpaired) electrons. The van der Waals surface area contributed by atoms with Gasteiger partial charge in [-0.3, -0.25) is 9.78 Å². The fourth-order valence-electron chi connectivity index (χ4n) is 3.78. The third-order valence-electron chi connectivity index (χ3n) is 5.33. The Bertz CT molecular complexity index is 1600. The molecule has 5 aromatic rings. The number of nitrogens with zero attached hydrogens (tertiary/aromatic N) is 1. The van der Waals surface area contributed by atoms with Crippen molar-refractivity contribution in [1.29, 1.82) is 0 Å². The molecule has 2 heterocycles. The van der Waals surface area contributed by atoms with E-state index in [1.54, 1.807) is 30.3 Å². The first-order chi connectivity index (χ1) is 15.9. The van der Waals surface area contributed by atoms with Crippen molar-refractivity contribution >= 4 is 44.8 Å². The van der Waals surface area contributed by atoms with E-state index in [-0.39, 0.29) is 5.56 Å².